The van der Waals surface area contributed by atoms with Gasteiger partial charge in [-0.1, -0.05) is 0 Å². The number of hydrogen-bond donors (Lipinski definition) is 2. The van der Waals surface area contributed by atoms with Gasteiger partial charge >= 0.3 is 5.97 Å². The Balaban J connectivity index is 1.14. The summed E-state index contributed by atoms with van der Waals surface area (Å²) in [6.07, 6.45) is 3.37. The number of piperazine rings is 1. The van der Waals surface area contributed by atoms with Crippen molar-refractivity contribution in [2.45, 2.75) is 6.54 Å². The molecule has 0 atom stereocenters. The Kier molecular flexibility index (Phi) is 5.29. The summed E-state index contributed by atoms with van der Waals surface area (Å²) in [5.74, 6) is -0.742. The second-order valence-electron chi connectivity index (χ2n) is 8.68. The molecule has 1 aliphatic heterocycles. The standard InChI is InChI=1S/C24H23FN8O3/c25-17-12-15(23(34)35)3-4-19(17)31-8-5-30(6-9-31)7-10-32-22-16(14-27-32)20-13-18(21-2-1-11-36-21)29-33(20)24(26)28-22/h1-4,11-14H,5-10H2,(H2,26,28)(H,34,35). The van der Waals surface area contributed by atoms with Crippen molar-refractivity contribution in [2.24, 2.45) is 0 Å². The van der Waals surface area contributed by atoms with Crippen molar-refractivity contribution in [3.63, 3.8) is 0 Å². The first-order valence-electron chi connectivity index (χ1n) is 11.5. The van der Waals surface area contributed by atoms with Gasteiger partial charge in [-0.2, -0.15) is 19.7 Å². The zero-order valence-corrected chi connectivity index (χ0v) is 19.2. The Hall–Kier alpha value is -4.45. The minimum absolute atomic E-state index is 0.0547. The molecule has 0 aliphatic carbocycles. The van der Waals surface area contributed by atoms with Gasteiger partial charge in [-0.3, -0.25) is 4.90 Å². The van der Waals surface area contributed by atoms with Crippen LogP contribution in [0.4, 0.5) is 16.0 Å². The van der Waals surface area contributed by atoms with Crippen molar-refractivity contribution >= 4 is 34.2 Å². The predicted molar refractivity (Wildman–Crippen MR) is 130 cm³/mol. The third-order valence-corrected chi connectivity index (χ3v) is 6.54. The first-order valence-corrected chi connectivity index (χ1v) is 11.5. The van der Waals surface area contributed by atoms with Crippen LogP contribution >= 0.6 is 0 Å². The molecule has 1 fully saturated rings. The van der Waals surface area contributed by atoms with Crippen molar-refractivity contribution in [3.05, 3.63) is 60.2 Å². The van der Waals surface area contributed by atoms with Crippen LogP contribution in [-0.2, 0) is 6.54 Å². The highest BCUT2D eigenvalue weighted by molar-refractivity contribution is 5.93. The molecule has 0 saturated carbocycles. The number of nitrogens with two attached hydrogens (primary N) is 1. The number of aromatic carboxylic acids is 1. The Morgan fingerprint density at radius 1 is 1.14 bits per heavy atom. The highest BCUT2D eigenvalue weighted by atomic mass is 19.1. The lowest BCUT2D eigenvalue weighted by molar-refractivity contribution is 0.0696. The van der Waals surface area contributed by atoms with Gasteiger partial charge in [-0.15, -0.1) is 0 Å². The number of carboxylic acid groups (broad SMARTS) is 1. The van der Waals surface area contributed by atoms with Gasteiger partial charge in [-0.25, -0.2) is 13.9 Å². The molecular formula is C24H23FN8O3. The molecule has 12 heteroatoms. The molecule has 1 saturated heterocycles. The highest BCUT2D eigenvalue weighted by Crippen LogP contribution is 2.27. The van der Waals surface area contributed by atoms with Gasteiger partial charge in [0.1, 0.15) is 11.5 Å². The molecule has 6 rings (SSSR count). The van der Waals surface area contributed by atoms with Gasteiger partial charge in [0.25, 0.3) is 0 Å². The Morgan fingerprint density at radius 3 is 2.69 bits per heavy atom. The minimum Gasteiger partial charge on any atom is -0.478 e. The molecule has 3 N–H and O–H groups in total. The van der Waals surface area contributed by atoms with Crippen LogP contribution in [-0.4, -0.2) is 73.1 Å². The second-order valence-corrected chi connectivity index (χ2v) is 8.68. The lowest BCUT2D eigenvalue weighted by Crippen LogP contribution is -2.47. The van der Waals surface area contributed by atoms with Crippen molar-refractivity contribution in [2.75, 3.05) is 43.4 Å². The summed E-state index contributed by atoms with van der Waals surface area (Å²) in [5.41, 5.74) is 8.73. The SMILES string of the molecule is Nc1nc2c(cnn2CCN2CCN(c3ccc(C(=O)O)cc3F)CC2)c2cc(-c3ccco3)nn12. The van der Waals surface area contributed by atoms with Gasteiger partial charge in [0.2, 0.25) is 5.95 Å². The molecule has 0 unspecified atom stereocenters. The van der Waals surface area contributed by atoms with E-state index in [1.807, 2.05) is 21.7 Å². The number of hydrogen-bond acceptors (Lipinski definition) is 8. The summed E-state index contributed by atoms with van der Waals surface area (Å²) in [4.78, 5) is 19.8. The number of nitrogens with zero attached hydrogens (tertiary/aromatic N) is 7. The number of nitrogen functional groups attached to an aromatic ring is 1. The Morgan fingerprint density at radius 2 is 1.97 bits per heavy atom. The molecule has 5 aromatic rings. The maximum absolute atomic E-state index is 14.4. The van der Waals surface area contributed by atoms with Crippen LogP contribution in [0.25, 0.3) is 28.0 Å². The van der Waals surface area contributed by atoms with E-state index < -0.39 is 11.8 Å². The zero-order valence-electron chi connectivity index (χ0n) is 19.2. The Labute approximate surface area is 204 Å². The lowest BCUT2D eigenvalue weighted by Gasteiger charge is -2.36. The van der Waals surface area contributed by atoms with Crippen LogP contribution < -0.4 is 10.6 Å². The first kappa shape index (κ1) is 22.0. The van der Waals surface area contributed by atoms with E-state index in [9.17, 15) is 9.18 Å². The number of fused-ring (bicyclic) bond motifs is 3. The second kappa shape index (κ2) is 8.64. The van der Waals surface area contributed by atoms with Crippen LogP contribution in [0.15, 0.2) is 53.3 Å². The number of benzene rings is 1. The topological polar surface area (TPSA) is 131 Å². The molecule has 4 aromatic heterocycles. The summed E-state index contributed by atoms with van der Waals surface area (Å²) in [6, 6.07) is 9.59. The zero-order chi connectivity index (χ0) is 24.8. The van der Waals surface area contributed by atoms with Crippen LogP contribution in [0.3, 0.4) is 0 Å². The average molecular weight is 490 g/mol. The fourth-order valence-corrected chi connectivity index (χ4v) is 4.63. The van der Waals surface area contributed by atoms with Crippen molar-refractivity contribution in [1.82, 2.24) is 29.3 Å². The molecule has 36 heavy (non-hydrogen) atoms. The predicted octanol–water partition coefficient (Wildman–Crippen LogP) is 2.58. The van der Waals surface area contributed by atoms with Gasteiger partial charge in [0.05, 0.1) is 41.2 Å². The number of furan rings is 1. The number of anilines is 2. The maximum atomic E-state index is 14.4. The van der Waals surface area contributed by atoms with Crippen LogP contribution in [0.1, 0.15) is 10.4 Å². The van der Waals surface area contributed by atoms with E-state index in [2.05, 4.69) is 20.1 Å². The summed E-state index contributed by atoms with van der Waals surface area (Å²) in [7, 11) is 0. The van der Waals surface area contributed by atoms with Crippen LogP contribution in [0.2, 0.25) is 0 Å². The molecule has 0 radical (unpaired) electrons. The molecule has 0 spiro atoms. The van der Waals surface area contributed by atoms with Crippen molar-refractivity contribution in [3.8, 4) is 11.5 Å². The smallest absolute Gasteiger partial charge is 0.335 e. The van der Waals surface area contributed by atoms with Crippen molar-refractivity contribution < 1.29 is 18.7 Å². The normalized spacial score (nSPS) is 14.8. The van der Waals surface area contributed by atoms with Gasteiger partial charge in [0, 0.05) is 32.7 Å². The number of halogens is 1. The lowest BCUT2D eigenvalue weighted by atomic mass is 10.1. The van der Waals surface area contributed by atoms with Crippen LogP contribution in [0, 0.1) is 5.82 Å². The molecular weight excluding hydrogens is 467 g/mol. The maximum Gasteiger partial charge on any atom is 0.335 e. The Bertz CT molecular complexity index is 1570. The quantitative estimate of drug-likeness (QED) is 0.369. The van der Waals surface area contributed by atoms with Gasteiger partial charge in [-0.05, 0) is 36.4 Å². The summed E-state index contributed by atoms with van der Waals surface area (Å²) < 4.78 is 23.3. The van der Waals surface area contributed by atoms with E-state index in [0.29, 0.717) is 42.4 Å². The van der Waals surface area contributed by atoms with E-state index in [1.165, 1.54) is 12.1 Å². The molecule has 0 bridgehead atoms. The fourth-order valence-electron chi connectivity index (χ4n) is 4.63. The van der Waals surface area contributed by atoms with Crippen LogP contribution in [0.5, 0.6) is 0 Å². The molecule has 11 nitrogen and oxygen atoms in total. The number of carbonyl (C=O) groups is 1. The third kappa shape index (κ3) is 3.81. The van der Waals surface area contributed by atoms with Gasteiger partial charge in [0.15, 0.2) is 11.4 Å². The number of carboxylic acids is 1. The van der Waals surface area contributed by atoms with Gasteiger partial charge < -0.3 is 20.2 Å². The molecule has 0 amide bonds. The average Bonchev–Trinajstić information content (AvgIpc) is 3.63. The number of aromatic nitrogens is 5. The van der Waals surface area contributed by atoms with E-state index in [4.69, 9.17) is 15.3 Å². The number of rotatable bonds is 6. The van der Waals surface area contributed by atoms with E-state index in [0.717, 1.165) is 36.6 Å². The molecule has 1 aliphatic rings. The van der Waals surface area contributed by atoms with Crippen molar-refractivity contribution in [1.29, 1.82) is 0 Å². The monoisotopic (exact) mass is 490 g/mol. The van der Waals surface area contributed by atoms with E-state index in [-0.39, 0.29) is 11.5 Å². The fraction of sp³-hybridized carbons (Fsp3) is 0.250. The summed E-state index contributed by atoms with van der Waals surface area (Å²) >= 11 is 0. The first-order chi connectivity index (χ1) is 17.5. The summed E-state index contributed by atoms with van der Waals surface area (Å²) in [5, 5.41) is 18.9. The van der Waals surface area contributed by atoms with E-state index >= 15 is 0 Å². The molecule has 5 heterocycles. The third-order valence-electron chi connectivity index (χ3n) is 6.54. The molecule has 184 valence electrons. The minimum atomic E-state index is -1.14. The largest absolute Gasteiger partial charge is 0.478 e. The van der Waals surface area contributed by atoms with E-state index in [1.54, 1.807) is 23.0 Å². The summed E-state index contributed by atoms with van der Waals surface area (Å²) in [6.45, 7) is 4.13. The highest BCUT2D eigenvalue weighted by Gasteiger charge is 2.21. The molecule has 1 aromatic carbocycles.